The Morgan fingerprint density at radius 1 is 1.17 bits per heavy atom. The van der Waals surface area contributed by atoms with Crippen LogP contribution in [0.25, 0.3) is 0 Å². The van der Waals surface area contributed by atoms with Crippen LogP contribution in [0, 0.1) is 0 Å². The van der Waals surface area contributed by atoms with Gasteiger partial charge in [0.2, 0.25) is 0 Å². The van der Waals surface area contributed by atoms with Gasteiger partial charge in [-0.05, 0) is 49.3 Å². The molecule has 0 bridgehead atoms. The van der Waals surface area contributed by atoms with Gasteiger partial charge in [0.15, 0.2) is 6.10 Å². The van der Waals surface area contributed by atoms with Crippen LogP contribution in [0.3, 0.4) is 0 Å². The van der Waals surface area contributed by atoms with Crippen molar-refractivity contribution in [2.45, 2.75) is 45.1 Å². The molecule has 2 N–H and O–H groups in total. The molecule has 6 nitrogen and oxygen atoms in total. The van der Waals surface area contributed by atoms with Crippen LogP contribution in [-0.2, 0) is 33.6 Å². The number of fused-ring (bicyclic) bond motifs is 1. The minimum absolute atomic E-state index is 0.116. The molecule has 23 heavy (non-hydrogen) atoms. The maximum Gasteiger partial charge on any atom is 0.321 e. The summed E-state index contributed by atoms with van der Waals surface area (Å²) >= 11 is 0. The van der Waals surface area contributed by atoms with E-state index in [1.807, 2.05) is 12.1 Å². The second-order valence-electron chi connectivity index (χ2n) is 5.69. The molecule has 6 heteroatoms. The Morgan fingerprint density at radius 2 is 1.87 bits per heavy atom. The van der Waals surface area contributed by atoms with E-state index in [0.717, 1.165) is 18.4 Å². The van der Waals surface area contributed by atoms with Crippen molar-refractivity contribution < 1.29 is 19.1 Å². The standard InChI is InChI=1S/C17H22N2O4/c1-11(16(21)19-17(22)18-2)23-15(20)10-12-7-8-13-5-3-4-6-14(13)9-12/h7-9,11H,3-6,10H2,1-2H3,(H2,18,19,21,22)/t11-/m1/s1. The third-order valence-electron chi connectivity index (χ3n) is 3.90. The summed E-state index contributed by atoms with van der Waals surface area (Å²) in [6.45, 7) is 1.43. The predicted octanol–water partition coefficient (Wildman–Crippen LogP) is 1.50. The van der Waals surface area contributed by atoms with E-state index < -0.39 is 24.0 Å². The summed E-state index contributed by atoms with van der Waals surface area (Å²) in [6.07, 6.45) is 3.63. The first kappa shape index (κ1) is 17.0. The largest absolute Gasteiger partial charge is 0.452 e. The molecule has 1 aliphatic carbocycles. The van der Waals surface area contributed by atoms with E-state index in [0.29, 0.717) is 0 Å². The van der Waals surface area contributed by atoms with E-state index >= 15 is 0 Å². The van der Waals surface area contributed by atoms with E-state index in [2.05, 4.69) is 16.7 Å². The van der Waals surface area contributed by atoms with E-state index in [4.69, 9.17) is 4.74 Å². The van der Waals surface area contributed by atoms with Gasteiger partial charge in [-0.25, -0.2) is 4.79 Å². The number of imide groups is 1. The molecule has 0 unspecified atom stereocenters. The zero-order valence-corrected chi connectivity index (χ0v) is 13.5. The third kappa shape index (κ3) is 4.81. The fourth-order valence-corrected chi connectivity index (χ4v) is 2.63. The Kier molecular flexibility index (Phi) is 5.73. The Bertz CT molecular complexity index is 613. The zero-order chi connectivity index (χ0) is 16.8. The summed E-state index contributed by atoms with van der Waals surface area (Å²) in [6, 6.07) is 5.41. The minimum Gasteiger partial charge on any atom is -0.452 e. The van der Waals surface area contributed by atoms with Crippen molar-refractivity contribution in [3.8, 4) is 0 Å². The molecular weight excluding hydrogens is 296 g/mol. The van der Waals surface area contributed by atoms with Crippen LogP contribution in [0.4, 0.5) is 4.79 Å². The number of urea groups is 1. The van der Waals surface area contributed by atoms with Gasteiger partial charge in [0.05, 0.1) is 6.42 Å². The molecule has 0 heterocycles. The van der Waals surface area contributed by atoms with E-state index in [1.165, 1.54) is 37.9 Å². The molecule has 0 saturated heterocycles. The molecular formula is C17H22N2O4. The molecule has 0 aromatic heterocycles. The molecule has 2 rings (SSSR count). The molecule has 1 aromatic rings. The number of benzene rings is 1. The molecule has 0 spiro atoms. The topological polar surface area (TPSA) is 84.5 Å². The van der Waals surface area contributed by atoms with Crippen molar-refractivity contribution in [1.29, 1.82) is 0 Å². The number of nitrogens with one attached hydrogen (secondary N) is 2. The minimum atomic E-state index is -1.02. The lowest BCUT2D eigenvalue weighted by Gasteiger charge is -2.17. The van der Waals surface area contributed by atoms with Crippen LogP contribution in [-0.4, -0.2) is 31.1 Å². The number of aryl methyl sites for hydroxylation is 2. The Labute approximate surface area is 135 Å². The summed E-state index contributed by atoms with van der Waals surface area (Å²) in [5.41, 5.74) is 3.54. The molecule has 0 fully saturated rings. The number of esters is 1. The van der Waals surface area contributed by atoms with Gasteiger partial charge in [-0.2, -0.15) is 0 Å². The van der Waals surface area contributed by atoms with Crippen molar-refractivity contribution >= 4 is 17.9 Å². The normalized spacial score (nSPS) is 14.3. The lowest BCUT2D eigenvalue weighted by molar-refractivity contribution is -0.153. The Hall–Kier alpha value is -2.37. The van der Waals surface area contributed by atoms with Crippen molar-refractivity contribution in [2.75, 3.05) is 7.05 Å². The number of ether oxygens (including phenoxy) is 1. The molecule has 1 atom stereocenters. The molecule has 0 aliphatic heterocycles. The Morgan fingerprint density at radius 3 is 2.57 bits per heavy atom. The zero-order valence-electron chi connectivity index (χ0n) is 13.5. The summed E-state index contributed by atoms with van der Waals surface area (Å²) in [7, 11) is 1.40. The van der Waals surface area contributed by atoms with Gasteiger partial charge in [-0.15, -0.1) is 0 Å². The van der Waals surface area contributed by atoms with Crippen LogP contribution in [0.5, 0.6) is 0 Å². The van der Waals surface area contributed by atoms with Gasteiger partial charge in [-0.1, -0.05) is 18.2 Å². The smallest absolute Gasteiger partial charge is 0.321 e. The van der Waals surface area contributed by atoms with Crippen LogP contribution < -0.4 is 10.6 Å². The number of hydrogen-bond donors (Lipinski definition) is 2. The van der Waals surface area contributed by atoms with E-state index in [1.54, 1.807) is 0 Å². The number of rotatable bonds is 4. The lowest BCUT2D eigenvalue weighted by atomic mass is 9.90. The van der Waals surface area contributed by atoms with Gasteiger partial charge in [-0.3, -0.25) is 14.9 Å². The monoisotopic (exact) mass is 318 g/mol. The van der Waals surface area contributed by atoms with Gasteiger partial charge < -0.3 is 10.1 Å². The Balaban J connectivity index is 1.89. The number of carbonyl (C=O) groups is 3. The number of hydrogen-bond acceptors (Lipinski definition) is 4. The van der Waals surface area contributed by atoms with Crippen molar-refractivity contribution in [2.24, 2.45) is 0 Å². The average molecular weight is 318 g/mol. The quantitative estimate of drug-likeness (QED) is 0.824. The van der Waals surface area contributed by atoms with Crippen LogP contribution in [0.1, 0.15) is 36.5 Å². The van der Waals surface area contributed by atoms with Crippen molar-refractivity contribution in [3.05, 3.63) is 34.9 Å². The summed E-state index contributed by atoms with van der Waals surface area (Å²) in [5.74, 6) is -1.14. The highest BCUT2D eigenvalue weighted by atomic mass is 16.5. The average Bonchev–Trinajstić information content (AvgIpc) is 2.54. The predicted molar refractivity (Wildman–Crippen MR) is 84.9 cm³/mol. The highest BCUT2D eigenvalue weighted by Gasteiger charge is 2.20. The first-order valence-corrected chi connectivity index (χ1v) is 7.82. The number of amides is 3. The van der Waals surface area contributed by atoms with Crippen LogP contribution >= 0.6 is 0 Å². The number of carbonyl (C=O) groups excluding carboxylic acids is 3. The van der Waals surface area contributed by atoms with E-state index in [9.17, 15) is 14.4 Å². The van der Waals surface area contributed by atoms with E-state index in [-0.39, 0.29) is 6.42 Å². The summed E-state index contributed by atoms with van der Waals surface area (Å²) in [4.78, 5) is 34.6. The third-order valence-corrected chi connectivity index (χ3v) is 3.90. The van der Waals surface area contributed by atoms with Crippen molar-refractivity contribution in [1.82, 2.24) is 10.6 Å². The van der Waals surface area contributed by atoms with Gasteiger partial charge >= 0.3 is 12.0 Å². The van der Waals surface area contributed by atoms with Crippen LogP contribution in [0.2, 0.25) is 0 Å². The first-order valence-electron chi connectivity index (χ1n) is 7.82. The maximum atomic E-state index is 11.9. The van der Waals surface area contributed by atoms with Crippen LogP contribution in [0.15, 0.2) is 18.2 Å². The van der Waals surface area contributed by atoms with Gasteiger partial charge in [0.1, 0.15) is 0 Å². The maximum absolute atomic E-state index is 11.9. The highest BCUT2D eigenvalue weighted by Crippen LogP contribution is 2.22. The highest BCUT2D eigenvalue weighted by molar-refractivity contribution is 5.97. The molecule has 1 aliphatic rings. The van der Waals surface area contributed by atoms with Gasteiger partial charge in [0, 0.05) is 7.05 Å². The lowest BCUT2D eigenvalue weighted by Crippen LogP contribution is -2.43. The molecule has 1 aromatic carbocycles. The fraction of sp³-hybridized carbons (Fsp3) is 0.471. The van der Waals surface area contributed by atoms with Crippen molar-refractivity contribution in [3.63, 3.8) is 0 Å². The molecule has 124 valence electrons. The fourth-order valence-electron chi connectivity index (χ4n) is 2.63. The second-order valence-corrected chi connectivity index (χ2v) is 5.69. The summed E-state index contributed by atoms with van der Waals surface area (Å²) < 4.78 is 5.07. The summed E-state index contributed by atoms with van der Waals surface area (Å²) in [5, 5.41) is 4.33. The molecule has 3 amide bonds. The second kappa shape index (κ2) is 7.76. The molecule has 0 saturated carbocycles. The first-order chi connectivity index (χ1) is 11.0. The van der Waals surface area contributed by atoms with Gasteiger partial charge in [0.25, 0.3) is 5.91 Å². The molecule has 0 radical (unpaired) electrons. The SMILES string of the molecule is CNC(=O)NC(=O)[C@@H](C)OC(=O)Cc1ccc2c(c1)CCCC2.